The number of phenolic OH excluding ortho intramolecular Hbond substituents is 1. The molecule has 45 heteroatoms. The van der Waals surface area contributed by atoms with Gasteiger partial charge in [0, 0.05) is 57.0 Å². The first-order valence-electron chi connectivity index (χ1n) is 43.4. The van der Waals surface area contributed by atoms with Crippen LogP contribution in [0.25, 0.3) is 0 Å². The number of aryl methyl sites for hydroxylation is 1. The fraction of sp³-hybridized carbons (Fsp3) is 0.438. The van der Waals surface area contributed by atoms with E-state index in [0.717, 1.165) is 18.7 Å². The quantitative estimate of drug-likeness (QED) is 0.0109. The third-order valence-corrected chi connectivity index (χ3v) is 22.2. The minimum atomic E-state index is -2.00. The number of primary amides is 3. The Balaban J connectivity index is 1.51. The fourth-order valence-electron chi connectivity index (χ4n) is 14.1. The number of benzene rings is 5. The average Bonchev–Trinajstić information content (AvgIpc) is 0.822. The van der Waals surface area contributed by atoms with Crippen LogP contribution in [0.15, 0.2) is 146 Å². The first-order valence-corrected chi connectivity index (χ1v) is 44.6. The number of amides is 16. The molecule has 5 aromatic rings. The van der Waals surface area contributed by atoms with Crippen LogP contribution in [0.4, 0.5) is 0 Å². The van der Waals surface area contributed by atoms with Crippen LogP contribution < -0.4 is 119 Å². The highest BCUT2D eigenvalue weighted by Gasteiger charge is 2.40. The zero-order valence-corrected chi connectivity index (χ0v) is 75.4. The SMILES string of the molecule is CC(C)[C@@H]1CC(=O)[C@H](Cc2ccccc2)NC(=O)[C@@H](Cc2ccc(O)cc2)NC(=O)CSC[C@@H](C(=O)NCC(N)=O)NC(=O)[C@H](CCCNC(=N)N)NC(=O)[C@H](Cc2ccccc2)NC(=O)[C@H]([C@@H](C)O)NC(=O)[C@H](CCCNC(=N)N)NC(=O)[C@H](CCc2ccccc2)NC(=O)[C@H](CC(N)=O)NC(=O)[C@H](CCCNC(=N)N)NC(=O)[C@H](Cc2ccccc2)NC(=O)[C@H](CC(N)=O)NC1=O. The van der Waals surface area contributed by atoms with E-state index in [4.69, 9.17) is 50.6 Å². The molecular formula is C89H123N25O19S. The van der Waals surface area contributed by atoms with Gasteiger partial charge in [0.25, 0.3) is 0 Å². The zero-order chi connectivity index (χ0) is 98.5. The number of carbonyl (C=O) groups is 17. The van der Waals surface area contributed by atoms with E-state index in [1.807, 2.05) is 0 Å². The van der Waals surface area contributed by atoms with Gasteiger partial charge in [-0.15, -0.1) is 11.8 Å². The number of nitrogens with two attached hydrogens (primary N) is 6. The lowest BCUT2D eigenvalue weighted by Crippen LogP contribution is -2.62. The molecule has 5 aromatic carbocycles. The molecule has 134 heavy (non-hydrogen) atoms. The summed E-state index contributed by atoms with van der Waals surface area (Å²) in [6.45, 7) is 3.23. The fourth-order valence-corrected chi connectivity index (χ4v) is 14.9. The molecule has 724 valence electrons. The minimum absolute atomic E-state index is 0.0225. The Bertz CT molecular complexity index is 4870. The number of thioether (sulfide) groups is 1. The number of Topliss-reactive ketones (excluding diaryl/α,β-unsaturated/α-hetero) is 1. The largest absolute Gasteiger partial charge is 0.508 e. The highest BCUT2D eigenvalue weighted by Crippen LogP contribution is 2.22. The highest BCUT2D eigenvalue weighted by atomic mass is 32.2. The molecule has 0 bridgehead atoms. The van der Waals surface area contributed by atoms with Crippen molar-refractivity contribution in [2.75, 3.05) is 37.7 Å². The number of aliphatic hydroxyl groups excluding tert-OH is 1. The number of guanidine groups is 3. The Morgan fingerprint density at radius 3 is 1.10 bits per heavy atom. The van der Waals surface area contributed by atoms with Crippen molar-refractivity contribution in [3.8, 4) is 5.75 Å². The molecule has 0 unspecified atom stereocenters. The van der Waals surface area contributed by atoms with E-state index >= 15 is 28.8 Å². The second-order valence-electron chi connectivity index (χ2n) is 32.4. The van der Waals surface area contributed by atoms with Gasteiger partial charge in [0.1, 0.15) is 72.2 Å². The lowest BCUT2D eigenvalue weighted by molar-refractivity contribution is -0.138. The summed E-state index contributed by atoms with van der Waals surface area (Å²) >= 11 is 0.730. The number of carbonyl (C=O) groups excluding carboxylic acids is 17. The van der Waals surface area contributed by atoms with Crippen LogP contribution in [0, 0.1) is 28.1 Å². The topological polar surface area (TPSA) is 751 Å². The lowest BCUT2D eigenvalue weighted by atomic mass is 9.86. The first-order chi connectivity index (χ1) is 63.7. The molecule has 0 saturated carbocycles. The number of hydrogen-bond acceptors (Lipinski definition) is 23. The molecule has 33 N–H and O–H groups in total. The molecule has 44 nitrogen and oxygen atoms in total. The summed E-state index contributed by atoms with van der Waals surface area (Å²) in [7, 11) is 0. The molecule has 1 saturated heterocycles. The van der Waals surface area contributed by atoms with Crippen molar-refractivity contribution < 1.29 is 91.7 Å². The van der Waals surface area contributed by atoms with Gasteiger partial charge in [-0.05, 0) is 111 Å². The average molecular weight is 1880 g/mol. The summed E-state index contributed by atoms with van der Waals surface area (Å²) in [4.78, 5) is 247. The van der Waals surface area contributed by atoms with Gasteiger partial charge in [0.05, 0.1) is 37.3 Å². The minimum Gasteiger partial charge on any atom is -0.508 e. The number of nitrogens with one attached hydrogen (secondary N) is 19. The van der Waals surface area contributed by atoms with Gasteiger partial charge in [-0.25, -0.2) is 0 Å². The lowest BCUT2D eigenvalue weighted by Gasteiger charge is -2.29. The van der Waals surface area contributed by atoms with E-state index in [1.54, 1.807) is 135 Å². The van der Waals surface area contributed by atoms with E-state index in [1.165, 1.54) is 24.3 Å². The Hall–Kier alpha value is -14.8. The van der Waals surface area contributed by atoms with Gasteiger partial charge in [-0.2, -0.15) is 0 Å². The number of ketones is 1. The van der Waals surface area contributed by atoms with Crippen molar-refractivity contribution >= 4 is 130 Å². The number of hydrogen-bond donors (Lipinski definition) is 27. The monoisotopic (exact) mass is 1880 g/mol. The Morgan fingerprint density at radius 1 is 0.381 bits per heavy atom. The summed E-state index contributed by atoms with van der Waals surface area (Å²) in [6, 6.07) is 17.6. The summed E-state index contributed by atoms with van der Waals surface area (Å²) in [5, 5.41) is 86.0. The van der Waals surface area contributed by atoms with Crippen molar-refractivity contribution in [1.82, 2.24) is 85.1 Å². The van der Waals surface area contributed by atoms with Crippen LogP contribution in [0.2, 0.25) is 0 Å². The Labute approximate surface area is 778 Å². The molecular weight excluding hydrogens is 1760 g/mol. The molecule has 1 fully saturated rings. The molecule has 14 atom stereocenters. The van der Waals surface area contributed by atoms with Crippen molar-refractivity contribution in [2.24, 2.45) is 46.2 Å². The maximum atomic E-state index is 15.2. The number of aliphatic hydroxyl groups is 1. The zero-order valence-electron chi connectivity index (χ0n) is 74.6. The molecule has 0 radical (unpaired) electrons. The molecule has 1 aliphatic rings. The molecule has 16 amide bonds. The third kappa shape index (κ3) is 39.5. The van der Waals surface area contributed by atoms with Crippen molar-refractivity contribution in [3.05, 3.63) is 173 Å². The first kappa shape index (κ1) is 108. The van der Waals surface area contributed by atoms with Crippen molar-refractivity contribution in [3.63, 3.8) is 0 Å². The van der Waals surface area contributed by atoms with E-state index in [-0.39, 0.29) is 102 Å². The molecule has 1 heterocycles. The van der Waals surface area contributed by atoms with Gasteiger partial charge < -0.3 is 130 Å². The van der Waals surface area contributed by atoms with E-state index < -0.39 is 246 Å². The van der Waals surface area contributed by atoms with Crippen molar-refractivity contribution in [2.45, 2.75) is 196 Å². The number of aromatic hydroxyl groups is 1. The van der Waals surface area contributed by atoms with Crippen LogP contribution in [-0.4, -0.2) is 245 Å². The normalized spacial score (nSPS) is 22.2. The molecule has 6 rings (SSSR count). The van der Waals surface area contributed by atoms with E-state index in [0.29, 0.717) is 27.8 Å². The maximum absolute atomic E-state index is 15.2. The van der Waals surface area contributed by atoms with Crippen LogP contribution in [0.5, 0.6) is 5.75 Å². The number of rotatable bonds is 32. The summed E-state index contributed by atoms with van der Waals surface area (Å²) in [5.41, 5.74) is 36.0. The van der Waals surface area contributed by atoms with Crippen LogP contribution in [0.1, 0.15) is 113 Å². The predicted molar refractivity (Wildman–Crippen MR) is 494 cm³/mol. The summed E-state index contributed by atoms with van der Waals surface area (Å²) in [5.74, 6) is -23.0. The molecule has 1 aliphatic heterocycles. The third-order valence-electron chi connectivity index (χ3n) is 21.2. The van der Waals surface area contributed by atoms with Crippen LogP contribution in [-0.2, 0) is 114 Å². The second-order valence-corrected chi connectivity index (χ2v) is 33.5. The van der Waals surface area contributed by atoms with Crippen molar-refractivity contribution in [1.29, 1.82) is 16.2 Å². The second kappa shape index (κ2) is 56.1. The summed E-state index contributed by atoms with van der Waals surface area (Å²) in [6.07, 6.45) is -7.00. The highest BCUT2D eigenvalue weighted by molar-refractivity contribution is 8.00. The van der Waals surface area contributed by atoms with Gasteiger partial charge in [-0.1, -0.05) is 147 Å². The standard InChI is InChI=1S/C89H123N25O19S/c1-49(2)57-43-69(117)62(39-52-21-10-5-11-22-52)108-81(128)63(42-55-30-33-56(116)34-31-55)103-73(121)48-134-47-68(76(123)102-46-72(92)120)113-78(125)59(28-17-37-100-88(95)96)106-83(130)65(41-54-25-14-7-15-26-54)112-86(133)74(50(3)115)114-80(127)60(29-18-38-101-89(97)98)104-79(126)61(35-32-51-19-8-4-9-20-51)107-84(131)67(45-71(91)119)111-77(124)58(27-16-36-99-87(93)94)105-82(129)64(40-53-23-12-6-13-24-53)110-85(132)66(44-70(90)118)109-75(57)122/h4-15,19-26,30-31,33-34,49-50,57-68,74,115-116H,16-18,27-29,32,35-48H2,1-3H3,(H2,90,118)(H2,91,119)(H2,92,120)(H,102,123)(H,103,121)(H,104,126)(H,105,129)(H,106,130)(H,107,131)(H,108,128)(H,109,122)(H,110,132)(H,111,124)(H,112,133)(H,113,125)(H,114,127)(H4,93,94,99)(H4,95,96,100)(H4,97,98,101)/t50-,57+,58+,59+,60+,61+,62+,63-,64+,65+,66+,67+,68+,74+/m1/s1. The van der Waals surface area contributed by atoms with Gasteiger partial charge in [0.15, 0.2) is 23.7 Å². The van der Waals surface area contributed by atoms with Gasteiger partial charge >= 0.3 is 0 Å². The van der Waals surface area contributed by atoms with Crippen LogP contribution in [0.3, 0.4) is 0 Å². The number of phenols is 1. The van der Waals surface area contributed by atoms with E-state index in [9.17, 15) is 63.0 Å². The Kier molecular flexibility index (Phi) is 45.2. The predicted octanol–water partition coefficient (Wildman–Crippen LogP) is -5.39. The van der Waals surface area contributed by atoms with E-state index in [2.05, 4.69) is 85.1 Å². The molecule has 0 aliphatic carbocycles. The smallest absolute Gasteiger partial charge is 0.245 e. The molecule has 0 aromatic heterocycles. The Morgan fingerprint density at radius 2 is 0.709 bits per heavy atom. The van der Waals surface area contributed by atoms with Gasteiger partial charge in [-0.3, -0.25) is 97.7 Å². The summed E-state index contributed by atoms with van der Waals surface area (Å²) < 4.78 is 0. The molecule has 0 spiro atoms. The maximum Gasteiger partial charge on any atom is 0.245 e. The van der Waals surface area contributed by atoms with Crippen LogP contribution >= 0.6 is 11.8 Å². The van der Waals surface area contributed by atoms with Gasteiger partial charge in [0.2, 0.25) is 94.5 Å².